The number of hydrogen-bond donors (Lipinski definition) is 1. The highest BCUT2D eigenvalue weighted by Gasteiger charge is 2.18. The monoisotopic (exact) mass is 281 g/mol. The summed E-state index contributed by atoms with van der Waals surface area (Å²) in [6.45, 7) is 7.60. The molecule has 0 radical (unpaired) electrons. The highest BCUT2D eigenvalue weighted by Crippen LogP contribution is 2.11. The van der Waals surface area contributed by atoms with Crippen molar-refractivity contribution in [3.63, 3.8) is 0 Å². The standard InChI is InChI=1S/C14H23N3OS/c1-2-5-15-14(18)17-7-3-6-16(8-9-17)11-13-4-10-19-12-13/h4,10,12H,2-3,5-9,11H2,1H3,(H,15,18). The molecule has 1 saturated heterocycles. The van der Waals surface area contributed by atoms with Crippen molar-refractivity contribution in [3.05, 3.63) is 22.4 Å². The molecule has 1 aromatic rings. The van der Waals surface area contributed by atoms with Gasteiger partial charge in [0.05, 0.1) is 0 Å². The fourth-order valence-corrected chi connectivity index (χ4v) is 2.98. The number of nitrogens with one attached hydrogen (secondary N) is 1. The van der Waals surface area contributed by atoms with Crippen LogP contribution >= 0.6 is 11.3 Å². The van der Waals surface area contributed by atoms with Gasteiger partial charge in [0, 0.05) is 39.3 Å². The lowest BCUT2D eigenvalue weighted by Crippen LogP contribution is -2.42. The number of carbonyl (C=O) groups is 1. The minimum Gasteiger partial charge on any atom is -0.338 e. The molecule has 2 amide bonds. The first-order chi connectivity index (χ1) is 9.29. The van der Waals surface area contributed by atoms with Crippen molar-refractivity contribution < 1.29 is 4.79 Å². The van der Waals surface area contributed by atoms with E-state index in [-0.39, 0.29) is 6.03 Å². The molecule has 0 aliphatic carbocycles. The fraction of sp³-hybridized carbons (Fsp3) is 0.643. The van der Waals surface area contributed by atoms with E-state index in [0.29, 0.717) is 0 Å². The van der Waals surface area contributed by atoms with Crippen LogP contribution in [0, 0.1) is 0 Å². The van der Waals surface area contributed by atoms with Crippen molar-refractivity contribution in [2.24, 2.45) is 0 Å². The molecule has 2 heterocycles. The fourth-order valence-electron chi connectivity index (χ4n) is 2.32. The minimum atomic E-state index is 0.0965. The number of thiophene rings is 1. The largest absolute Gasteiger partial charge is 0.338 e. The van der Waals surface area contributed by atoms with Gasteiger partial charge >= 0.3 is 6.03 Å². The van der Waals surface area contributed by atoms with E-state index in [1.165, 1.54) is 5.56 Å². The zero-order valence-electron chi connectivity index (χ0n) is 11.6. The summed E-state index contributed by atoms with van der Waals surface area (Å²) in [6, 6.07) is 2.28. The summed E-state index contributed by atoms with van der Waals surface area (Å²) in [6.07, 6.45) is 2.05. The van der Waals surface area contributed by atoms with Gasteiger partial charge in [-0.25, -0.2) is 4.79 Å². The maximum Gasteiger partial charge on any atom is 0.317 e. The predicted octanol–water partition coefficient (Wildman–Crippen LogP) is 2.38. The summed E-state index contributed by atoms with van der Waals surface area (Å²) in [5, 5.41) is 7.29. The van der Waals surface area contributed by atoms with Gasteiger partial charge in [0.25, 0.3) is 0 Å². The van der Waals surface area contributed by atoms with E-state index >= 15 is 0 Å². The van der Waals surface area contributed by atoms with Gasteiger partial charge in [-0.3, -0.25) is 4.90 Å². The molecule has 4 nitrogen and oxygen atoms in total. The van der Waals surface area contributed by atoms with E-state index in [1.54, 1.807) is 11.3 Å². The molecule has 0 unspecified atom stereocenters. The maximum absolute atomic E-state index is 11.9. The van der Waals surface area contributed by atoms with Crippen LogP contribution in [0.25, 0.3) is 0 Å². The Morgan fingerprint density at radius 2 is 2.26 bits per heavy atom. The second-order valence-electron chi connectivity index (χ2n) is 4.98. The summed E-state index contributed by atoms with van der Waals surface area (Å²) in [5.41, 5.74) is 1.38. The van der Waals surface area contributed by atoms with Crippen LogP contribution in [0.1, 0.15) is 25.3 Å². The molecule has 1 N–H and O–H groups in total. The van der Waals surface area contributed by atoms with E-state index in [2.05, 4.69) is 34.0 Å². The molecular formula is C14H23N3OS. The van der Waals surface area contributed by atoms with Gasteiger partial charge in [-0.05, 0) is 35.2 Å². The molecule has 0 saturated carbocycles. The smallest absolute Gasteiger partial charge is 0.317 e. The third-order valence-electron chi connectivity index (χ3n) is 3.39. The van der Waals surface area contributed by atoms with Gasteiger partial charge in [0.2, 0.25) is 0 Å². The van der Waals surface area contributed by atoms with Gasteiger partial charge in [0.1, 0.15) is 0 Å². The van der Waals surface area contributed by atoms with Gasteiger partial charge in [-0.15, -0.1) is 0 Å². The van der Waals surface area contributed by atoms with Crippen molar-refractivity contribution in [2.75, 3.05) is 32.7 Å². The number of rotatable bonds is 4. The summed E-state index contributed by atoms with van der Waals surface area (Å²) < 4.78 is 0. The molecule has 0 atom stereocenters. The second kappa shape index (κ2) is 7.50. The van der Waals surface area contributed by atoms with Crippen molar-refractivity contribution >= 4 is 17.4 Å². The average molecular weight is 281 g/mol. The Hall–Kier alpha value is -1.07. The molecule has 106 valence electrons. The molecule has 5 heteroatoms. The molecule has 1 aromatic heterocycles. The Morgan fingerprint density at radius 1 is 1.37 bits per heavy atom. The SMILES string of the molecule is CCCNC(=O)N1CCCN(Cc2ccsc2)CC1. The van der Waals surface area contributed by atoms with Gasteiger partial charge in [-0.2, -0.15) is 11.3 Å². The van der Waals surface area contributed by atoms with Gasteiger partial charge in [0.15, 0.2) is 0 Å². The van der Waals surface area contributed by atoms with Gasteiger partial charge in [-0.1, -0.05) is 6.92 Å². The number of amides is 2. The normalized spacial score (nSPS) is 17.2. The van der Waals surface area contributed by atoms with E-state index in [0.717, 1.165) is 52.1 Å². The number of carbonyl (C=O) groups excluding carboxylic acids is 1. The molecule has 19 heavy (non-hydrogen) atoms. The topological polar surface area (TPSA) is 35.6 Å². The molecule has 0 aromatic carbocycles. The Kier molecular flexibility index (Phi) is 5.66. The quantitative estimate of drug-likeness (QED) is 0.919. The van der Waals surface area contributed by atoms with Crippen molar-refractivity contribution in [1.82, 2.24) is 15.1 Å². The lowest BCUT2D eigenvalue weighted by Gasteiger charge is -2.22. The Balaban J connectivity index is 1.79. The first-order valence-corrected chi connectivity index (χ1v) is 8.00. The Labute approximate surface area is 119 Å². The summed E-state index contributed by atoms with van der Waals surface area (Å²) in [5.74, 6) is 0. The molecule has 2 rings (SSSR count). The van der Waals surface area contributed by atoms with E-state index < -0.39 is 0 Å². The van der Waals surface area contributed by atoms with Crippen LogP contribution in [0.3, 0.4) is 0 Å². The van der Waals surface area contributed by atoms with Crippen LogP contribution in [0.4, 0.5) is 4.79 Å². The maximum atomic E-state index is 11.9. The summed E-state index contributed by atoms with van der Waals surface area (Å²) >= 11 is 1.75. The van der Waals surface area contributed by atoms with Crippen LogP contribution in [0.5, 0.6) is 0 Å². The zero-order chi connectivity index (χ0) is 13.5. The van der Waals surface area contributed by atoms with E-state index in [9.17, 15) is 4.79 Å². The highest BCUT2D eigenvalue weighted by molar-refractivity contribution is 7.07. The Morgan fingerprint density at radius 3 is 3.00 bits per heavy atom. The lowest BCUT2D eigenvalue weighted by atomic mass is 10.3. The highest BCUT2D eigenvalue weighted by atomic mass is 32.1. The second-order valence-corrected chi connectivity index (χ2v) is 5.76. The van der Waals surface area contributed by atoms with Crippen LogP contribution in [0.2, 0.25) is 0 Å². The molecule has 1 aliphatic heterocycles. The molecule has 1 aliphatic rings. The Bertz CT molecular complexity index is 380. The van der Waals surface area contributed by atoms with E-state index in [1.807, 2.05) is 4.90 Å². The minimum absolute atomic E-state index is 0.0965. The molecular weight excluding hydrogens is 258 g/mol. The predicted molar refractivity (Wildman–Crippen MR) is 79.5 cm³/mol. The van der Waals surface area contributed by atoms with Crippen molar-refractivity contribution in [3.8, 4) is 0 Å². The number of nitrogens with zero attached hydrogens (tertiary/aromatic N) is 2. The third-order valence-corrected chi connectivity index (χ3v) is 4.12. The third kappa shape index (κ3) is 4.51. The van der Waals surface area contributed by atoms with E-state index in [4.69, 9.17) is 0 Å². The molecule has 0 spiro atoms. The zero-order valence-corrected chi connectivity index (χ0v) is 12.4. The average Bonchev–Trinajstić information content (AvgIpc) is 2.81. The van der Waals surface area contributed by atoms with Crippen molar-refractivity contribution in [2.45, 2.75) is 26.3 Å². The summed E-state index contributed by atoms with van der Waals surface area (Å²) in [7, 11) is 0. The van der Waals surface area contributed by atoms with Gasteiger partial charge < -0.3 is 10.2 Å². The van der Waals surface area contributed by atoms with Crippen LogP contribution in [0.15, 0.2) is 16.8 Å². The van der Waals surface area contributed by atoms with Crippen LogP contribution < -0.4 is 5.32 Å². The van der Waals surface area contributed by atoms with Crippen LogP contribution in [-0.2, 0) is 6.54 Å². The van der Waals surface area contributed by atoms with Crippen LogP contribution in [-0.4, -0.2) is 48.6 Å². The lowest BCUT2D eigenvalue weighted by molar-refractivity contribution is 0.197. The molecule has 1 fully saturated rings. The first kappa shape index (κ1) is 14.3. The number of urea groups is 1. The first-order valence-electron chi connectivity index (χ1n) is 7.06. The van der Waals surface area contributed by atoms with Crippen molar-refractivity contribution in [1.29, 1.82) is 0 Å². The molecule has 0 bridgehead atoms. The summed E-state index contributed by atoms with van der Waals surface area (Å²) in [4.78, 5) is 16.3. The number of hydrogen-bond acceptors (Lipinski definition) is 3.